The highest BCUT2D eigenvalue weighted by atomic mass is 16.4. The molecule has 0 saturated heterocycles. The fourth-order valence-electron chi connectivity index (χ4n) is 2.05. The number of benzene rings is 2. The summed E-state index contributed by atoms with van der Waals surface area (Å²) in [5.74, 6) is -0.115. The molecule has 2 aromatic rings. The molecule has 0 bridgehead atoms. The lowest BCUT2D eigenvalue weighted by atomic mass is 10.1. The van der Waals surface area contributed by atoms with Crippen LogP contribution in [-0.2, 0) is 17.6 Å². The van der Waals surface area contributed by atoms with Crippen molar-refractivity contribution in [3.63, 3.8) is 0 Å². The first-order valence-corrected chi connectivity index (χ1v) is 7.13. The second-order valence-electron chi connectivity index (χ2n) is 5.06. The number of phenols is 2. The zero-order valence-electron chi connectivity index (χ0n) is 12.4. The minimum absolute atomic E-state index is 0.00129. The molecule has 2 aromatic carbocycles. The van der Waals surface area contributed by atoms with E-state index in [1.165, 1.54) is 12.1 Å². The number of nitrogens with zero attached hydrogens (tertiary/aromatic N) is 1. The molecule has 6 nitrogen and oxygen atoms in total. The minimum atomic E-state index is -0.445. The number of amides is 1. The Bertz CT molecular complexity index is 679. The van der Waals surface area contributed by atoms with Crippen molar-refractivity contribution in [3.05, 3.63) is 59.7 Å². The van der Waals surface area contributed by atoms with E-state index in [4.69, 9.17) is 5.21 Å². The van der Waals surface area contributed by atoms with Gasteiger partial charge in [0, 0.05) is 13.0 Å². The number of oxime groups is 1. The van der Waals surface area contributed by atoms with Crippen molar-refractivity contribution < 1.29 is 20.2 Å². The van der Waals surface area contributed by atoms with Crippen molar-refractivity contribution in [2.24, 2.45) is 5.16 Å². The molecule has 0 heterocycles. The molecule has 23 heavy (non-hydrogen) atoms. The van der Waals surface area contributed by atoms with Gasteiger partial charge in [-0.15, -0.1) is 0 Å². The van der Waals surface area contributed by atoms with E-state index in [-0.39, 0.29) is 23.6 Å². The van der Waals surface area contributed by atoms with Crippen LogP contribution in [0.15, 0.2) is 53.7 Å². The van der Waals surface area contributed by atoms with Gasteiger partial charge < -0.3 is 20.7 Å². The molecule has 1 amide bonds. The highest BCUT2D eigenvalue weighted by molar-refractivity contribution is 6.39. The van der Waals surface area contributed by atoms with Crippen molar-refractivity contribution in [1.29, 1.82) is 0 Å². The highest BCUT2D eigenvalue weighted by Crippen LogP contribution is 2.11. The van der Waals surface area contributed by atoms with Crippen LogP contribution in [0.1, 0.15) is 11.1 Å². The van der Waals surface area contributed by atoms with Crippen LogP contribution in [0.2, 0.25) is 0 Å². The van der Waals surface area contributed by atoms with Crippen LogP contribution in [-0.4, -0.2) is 33.6 Å². The lowest BCUT2D eigenvalue weighted by Crippen LogP contribution is -2.33. The number of carbonyl (C=O) groups is 1. The molecule has 0 radical (unpaired) electrons. The third-order valence-electron chi connectivity index (χ3n) is 3.33. The van der Waals surface area contributed by atoms with Crippen molar-refractivity contribution in [2.75, 3.05) is 6.54 Å². The summed E-state index contributed by atoms with van der Waals surface area (Å²) in [5, 5.41) is 33.2. The van der Waals surface area contributed by atoms with E-state index in [1.54, 1.807) is 36.4 Å². The van der Waals surface area contributed by atoms with Gasteiger partial charge in [-0.1, -0.05) is 29.4 Å². The first kappa shape index (κ1) is 16.4. The fraction of sp³-hybridized carbons (Fsp3) is 0.176. The largest absolute Gasteiger partial charge is 0.508 e. The van der Waals surface area contributed by atoms with Gasteiger partial charge in [0.1, 0.15) is 17.2 Å². The van der Waals surface area contributed by atoms with E-state index in [0.717, 1.165) is 11.1 Å². The summed E-state index contributed by atoms with van der Waals surface area (Å²) >= 11 is 0. The molecule has 4 N–H and O–H groups in total. The lowest BCUT2D eigenvalue weighted by Gasteiger charge is -2.07. The van der Waals surface area contributed by atoms with Gasteiger partial charge in [-0.05, 0) is 41.8 Å². The first-order valence-electron chi connectivity index (χ1n) is 7.13. The Morgan fingerprint density at radius 1 is 0.913 bits per heavy atom. The third kappa shape index (κ3) is 5.03. The van der Waals surface area contributed by atoms with Gasteiger partial charge >= 0.3 is 0 Å². The zero-order valence-corrected chi connectivity index (χ0v) is 12.4. The Morgan fingerprint density at radius 2 is 1.43 bits per heavy atom. The average molecular weight is 314 g/mol. The number of nitrogens with one attached hydrogen (secondary N) is 1. The molecule has 0 aliphatic carbocycles. The summed E-state index contributed by atoms with van der Waals surface area (Å²) < 4.78 is 0. The van der Waals surface area contributed by atoms with Crippen LogP contribution in [0.3, 0.4) is 0 Å². The van der Waals surface area contributed by atoms with Gasteiger partial charge in [-0.3, -0.25) is 4.79 Å². The number of hydrogen-bond donors (Lipinski definition) is 4. The molecular formula is C17H18N2O4. The van der Waals surface area contributed by atoms with Crippen molar-refractivity contribution >= 4 is 11.6 Å². The quantitative estimate of drug-likeness (QED) is 0.371. The van der Waals surface area contributed by atoms with Gasteiger partial charge in [0.15, 0.2) is 0 Å². The number of carbonyl (C=O) groups excluding carboxylic acids is 1. The minimum Gasteiger partial charge on any atom is -0.508 e. The van der Waals surface area contributed by atoms with Crippen LogP contribution in [0.5, 0.6) is 11.5 Å². The predicted octanol–water partition coefficient (Wildman–Crippen LogP) is 1.83. The van der Waals surface area contributed by atoms with Crippen LogP contribution in [0.4, 0.5) is 0 Å². The fourth-order valence-corrected chi connectivity index (χ4v) is 2.05. The predicted molar refractivity (Wildman–Crippen MR) is 85.9 cm³/mol. The zero-order chi connectivity index (χ0) is 16.7. The summed E-state index contributed by atoms with van der Waals surface area (Å²) in [6.45, 7) is 0.387. The molecule has 120 valence electrons. The number of rotatable bonds is 6. The standard InChI is InChI=1S/C17H18N2O4/c20-14-5-1-12(2-6-14)9-10-18-17(22)16(19-23)11-13-3-7-15(21)8-4-13/h1-8,20-21,23H,9-11H2,(H,18,22)/b19-16+. The molecule has 0 aromatic heterocycles. The summed E-state index contributed by atoms with van der Waals surface area (Å²) in [4.78, 5) is 12.0. The highest BCUT2D eigenvalue weighted by Gasteiger charge is 2.12. The Kier molecular flexibility index (Phi) is 5.57. The molecule has 0 aliphatic heterocycles. The number of hydrogen-bond acceptors (Lipinski definition) is 5. The van der Waals surface area contributed by atoms with Crippen molar-refractivity contribution in [2.45, 2.75) is 12.8 Å². The Morgan fingerprint density at radius 3 is 1.96 bits per heavy atom. The van der Waals surface area contributed by atoms with Crippen LogP contribution < -0.4 is 5.32 Å². The summed E-state index contributed by atoms with van der Waals surface area (Å²) in [6, 6.07) is 13.1. The maximum Gasteiger partial charge on any atom is 0.269 e. The SMILES string of the molecule is O=C(NCCc1ccc(O)cc1)/C(Cc1ccc(O)cc1)=N/O. The van der Waals surface area contributed by atoms with Gasteiger partial charge in [0.25, 0.3) is 5.91 Å². The van der Waals surface area contributed by atoms with Crippen LogP contribution in [0, 0.1) is 0 Å². The monoisotopic (exact) mass is 314 g/mol. The topological polar surface area (TPSA) is 102 Å². The molecule has 0 aliphatic rings. The van der Waals surface area contributed by atoms with E-state index >= 15 is 0 Å². The van der Waals surface area contributed by atoms with E-state index in [0.29, 0.717) is 13.0 Å². The molecule has 6 heteroatoms. The molecule has 2 rings (SSSR count). The van der Waals surface area contributed by atoms with Gasteiger partial charge in [-0.25, -0.2) is 0 Å². The first-order chi connectivity index (χ1) is 11.1. The van der Waals surface area contributed by atoms with Crippen molar-refractivity contribution in [1.82, 2.24) is 5.32 Å². The maximum absolute atomic E-state index is 12.0. The van der Waals surface area contributed by atoms with Crippen molar-refractivity contribution in [3.8, 4) is 11.5 Å². The lowest BCUT2D eigenvalue weighted by molar-refractivity contribution is -0.115. The normalized spacial score (nSPS) is 11.2. The molecule has 0 saturated carbocycles. The molecular weight excluding hydrogens is 296 g/mol. The van der Waals surface area contributed by atoms with Gasteiger partial charge in [0.05, 0.1) is 0 Å². The third-order valence-corrected chi connectivity index (χ3v) is 3.33. The average Bonchev–Trinajstić information content (AvgIpc) is 2.56. The van der Waals surface area contributed by atoms with Crippen LogP contribution in [0.25, 0.3) is 0 Å². The smallest absolute Gasteiger partial charge is 0.269 e. The summed E-state index contributed by atoms with van der Waals surface area (Å²) in [5.41, 5.74) is 1.73. The Balaban J connectivity index is 1.85. The van der Waals surface area contributed by atoms with E-state index in [2.05, 4.69) is 10.5 Å². The second-order valence-corrected chi connectivity index (χ2v) is 5.06. The van der Waals surface area contributed by atoms with Gasteiger partial charge in [0.2, 0.25) is 0 Å². The molecule has 0 atom stereocenters. The summed E-state index contributed by atoms with van der Waals surface area (Å²) in [6.07, 6.45) is 0.770. The van der Waals surface area contributed by atoms with Gasteiger partial charge in [-0.2, -0.15) is 0 Å². The Hall–Kier alpha value is -3.02. The molecule has 0 fully saturated rings. The number of phenolic OH excluding ortho intramolecular Hbond substituents is 2. The van der Waals surface area contributed by atoms with E-state index in [1.807, 2.05) is 0 Å². The number of aromatic hydroxyl groups is 2. The molecule has 0 unspecified atom stereocenters. The molecule has 0 spiro atoms. The maximum atomic E-state index is 12.0. The Labute approximate surface area is 133 Å². The van der Waals surface area contributed by atoms with Crippen LogP contribution >= 0.6 is 0 Å². The second kappa shape index (κ2) is 7.84. The summed E-state index contributed by atoms with van der Waals surface area (Å²) in [7, 11) is 0. The van der Waals surface area contributed by atoms with E-state index in [9.17, 15) is 15.0 Å². The van der Waals surface area contributed by atoms with E-state index < -0.39 is 5.91 Å².